The Morgan fingerprint density at radius 1 is 1.18 bits per heavy atom. The molecule has 5 nitrogen and oxygen atoms in total. The molecule has 1 unspecified atom stereocenters. The third-order valence-electron chi connectivity index (χ3n) is 6.26. The summed E-state index contributed by atoms with van der Waals surface area (Å²) >= 11 is 0. The monoisotopic (exact) mass is 467 g/mol. The van der Waals surface area contributed by atoms with E-state index in [1.54, 1.807) is 18.2 Å². The average Bonchev–Trinajstić information content (AvgIpc) is 2.95. The van der Waals surface area contributed by atoms with Gasteiger partial charge < -0.3 is 0 Å². The zero-order valence-electron chi connectivity index (χ0n) is 19.0. The zero-order valence-corrected chi connectivity index (χ0v) is 19.9. The number of fused-ring (bicyclic) bond motifs is 1. The molecule has 174 valence electrons. The van der Waals surface area contributed by atoms with Gasteiger partial charge in [0, 0.05) is 35.7 Å². The summed E-state index contributed by atoms with van der Waals surface area (Å²) in [4.78, 5) is 0. The largest absolute Gasteiger partial charge is 0.271 e. The van der Waals surface area contributed by atoms with E-state index in [2.05, 4.69) is 9.82 Å². The van der Waals surface area contributed by atoms with Gasteiger partial charge in [-0.1, -0.05) is 48.9 Å². The molecule has 2 aromatic carbocycles. The fourth-order valence-corrected chi connectivity index (χ4v) is 5.74. The minimum Gasteiger partial charge on any atom is -0.271 e. The smallest absolute Gasteiger partial charge is 0.234 e. The molecule has 0 saturated heterocycles. The fourth-order valence-electron chi connectivity index (χ4n) is 4.73. The number of hydrogen-bond acceptors (Lipinski definition) is 3. The lowest BCUT2D eigenvalue weighted by atomic mass is 9.91. The van der Waals surface area contributed by atoms with Crippen LogP contribution >= 0.6 is 0 Å². The van der Waals surface area contributed by atoms with Gasteiger partial charge in [0.15, 0.2) is 0 Å². The summed E-state index contributed by atoms with van der Waals surface area (Å²) < 4.78 is 43.7. The lowest BCUT2D eigenvalue weighted by Crippen LogP contribution is -2.24. The maximum atomic E-state index is 13.7. The van der Waals surface area contributed by atoms with E-state index in [1.807, 2.05) is 55.1 Å². The molecule has 7 heteroatoms. The Hall–Kier alpha value is -2.77. The van der Waals surface area contributed by atoms with Crippen LogP contribution in [0.3, 0.4) is 0 Å². The Morgan fingerprint density at radius 3 is 2.73 bits per heavy atom. The molecule has 0 amide bonds. The van der Waals surface area contributed by atoms with Crippen LogP contribution in [0.4, 0.5) is 4.39 Å². The molecule has 33 heavy (non-hydrogen) atoms. The summed E-state index contributed by atoms with van der Waals surface area (Å²) in [6, 6.07) is 15.9. The van der Waals surface area contributed by atoms with Crippen molar-refractivity contribution in [2.24, 2.45) is 7.05 Å². The van der Waals surface area contributed by atoms with Crippen molar-refractivity contribution >= 4 is 16.1 Å². The van der Waals surface area contributed by atoms with E-state index in [0.717, 1.165) is 54.5 Å². The van der Waals surface area contributed by atoms with Gasteiger partial charge >= 0.3 is 0 Å². The molecule has 1 aromatic heterocycles. The summed E-state index contributed by atoms with van der Waals surface area (Å²) in [6.07, 6.45) is 6.30. The molecule has 0 spiro atoms. The lowest BCUT2D eigenvalue weighted by Gasteiger charge is -2.17. The Morgan fingerprint density at radius 2 is 1.97 bits per heavy atom. The maximum absolute atomic E-state index is 13.7. The molecule has 1 aliphatic rings. The molecule has 0 saturated carbocycles. The standard InChI is InChI=1S/C26H30FN3O2S/c1-19(21-10-4-3-5-11-21)29-33(31,32)16-15-25-24-14-7-6-12-22(26(24)30(2)28-25)17-20-9-8-13-23(27)18-20/h3-5,8-11,13,15-16,18-19,22,29H,6-7,12,14,17H2,1-2H3/b16-15+/t19-,22?/m0/s1. The van der Waals surface area contributed by atoms with E-state index < -0.39 is 10.0 Å². The Labute approximate surface area is 195 Å². The Kier molecular flexibility index (Phi) is 7.10. The van der Waals surface area contributed by atoms with Crippen molar-refractivity contribution in [1.29, 1.82) is 0 Å². The molecule has 2 atom stereocenters. The van der Waals surface area contributed by atoms with E-state index in [1.165, 1.54) is 11.5 Å². The fraction of sp³-hybridized carbons (Fsp3) is 0.346. The topological polar surface area (TPSA) is 64.0 Å². The van der Waals surface area contributed by atoms with E-state index in [4.69, 9.17) is 0 Å². The summed E-state index contributed by atoms with van der Waals surface area (Å²) in [6.45, 7) is 1.82. The normalized spacial score (nSPS) is 17.6. The highest BCUT2D eigenvalue weighted by Gasteiger charge is 2.26. The quantitative estimate of drug-likeness (QED) is 0.482. The first-order valence-electron chi connectivity index (χ1n) is 11.4. The number of aromatic nitrogens is 2. The molecule has 0 radical (unpaired) electrons. The van der Waals surface area contributed by atoms with Gasteiger partial charge in [0.25, 0.3) is 0 Å². The van der Waals surface area contributed by atoms with Crippen LogP contribution in [0.1, 0.15) is 66.2 Å². The van der Waals surface area contributed by atoms with E-state index in [0.29, 0.717) is 5.69 Å². The summed E-state index contributed by atoms with van der Waals surface area (Å²) in [5.74, 6) is -0.00537. The molecule has 3 aromatic rings. The highest BCUT2D eigenvalue weighted by molar-refractivity contribution is 7.92. The number of nitrogens with one attached hydrogen (secondary N) is 1. The molecule has 1 heterocycles. The van der Waals surface area contributed by atoms with Gasteiger partial charge in [0.05, 0.1) is 5.69 Å². The number of benzene rings is 2. The van der Waals surface area contributed by atoms with Gasteiger partial charge in [0.1, 0.15) is 5.82 Å². The third-order valence-corrected chi connectivity index (χ3v) is 7.43. The van der Waals surface area contributed by atoms with Crippen LogP contribution in [0.2, 0.25) is 0 Å². The number of sulfonamides is 1. The minimum atomic E-state index is -3.64. The van der Waals surface area contributed by atoms with Crippen molar-refractivity contribution < 1.29 is 12.8 Å². The van der Waals surface area contributed by atoms with Crippen molar-refractivity contribution in [3.8, 4) is 0 Å². The molecule has 0 fully saturated rings. The number of rotatable bonds is 7. The van der Waals surface area contributed by atoms with Crippen molar-refractivity contribution in [2.45, 2.75) is 51.0 Å². The van der Waals surface area contributed by atoms with Gasteiger partial charge in [-0.05, 0) is 61.9 Å². The lowest BCUT2D eigenvalue weighted by molar-refractivity contribution is 0.545. The Balaban J connectivity index is 1.56. The Bertz CT molecular complexity index is 1240. The second-order valence-corrected chi connectivity index (χ2v) is 10.3. The van der Waals surface area contributed by atoms with Crippen LogP contribution in [0, 0.1) is 5.82 Å². The van der Waals surface area contributed by atoms with Crippen LogP contribution in [0.5, 0.6) is 0 Å². The molecule has 1 N–H and O–H groups in total. The summed E-state index contributed by atoms with van der Waals surface area (Å²) in [5, 5.41) is 5.86. The highest BCUT2D eigenvalue weighted by Crippen LogP contribution is 2.35. The minimum absolute atomic E-state index is 0.219. The van der Waals surface area contributed by atoms with Crippen LogP contribution in [-0.2, 0) is 29.9 Å². The number of aryl methyl sites for hydroxylation is 1. The van der Waals surface area contributed by atoms with E-state index >= 15 is 0 Å². The predicted molar refractivity (Wildman–Crippen MR) is 130 cm³/mol. The van der Waals surface area contributed by atoms with Gasteiger partial charge in [-0.25, -0.2) is 17.5 Å². The van der Waals surface area contributed by atoms with Crippen molar-refractivity contribution in [2.75, 3.05) is 0 Å². The van der Waals surface area contributed by atoms with Crippen molar-refractivity contribution in [1.82, 2.24) is 14.5 Å². The first kappa shape index (κ1) is 23.4. The molecular weight excluding hydrogens is 437 g/mol. The molecule has 1 aliphatic carbocycles. The van der Waals surface area contributed by atoms with Gasteiger partial charge in [-0.3, -0.25) is 4.68 Å². The number of hydrogen-bond donors (Lipinski definition) is 1. The van der Waals surface area contributed by atoms with Crippen molar-refractivity contribution in [3.63, 3.8) is 0 Å². The molecule has 0 aliphatic heterocycles. The van der Waals surface area contributed by atoms with Crippen LogP contribution in [0.25, 0.3) is 6.08 Å². The zero-order chi connectivity index (χ0) is 23.4. The third kappa shape index (κ3) is 5.78. The van der Waals surface area contributed by atoms with Gasteiger partial charge in [-0.15, -0.1) is 0 Å². The number of nitrogens with zero attached hydrogens (tertiary/aromatic N) is 2. The first-order valence-corrected chi connectivity index (χ1v) is 12.9. The summed E-state index contributed by atoms with van der Waals surface area (Å²) in [7, 11) is -1.73. The van der Waals surface area contributed by atoms with E-state index in [9.17, 15) is 12.8 Å². The average molecular weight is 468 g/mol. The van der Waals surface area contributed by atoms with Crippen LogP contribution in [0.15, 0.2) is 60.0 Å². The van der Waals surface area contributed by atoms with Crippen LogP contribution in [-0.4, -0.2) is 18.2 Å². The second kappa shape index (κ2) is 10.0. The van der Waals surface area contributed by atoms with E-state index in [-0.39, 0.29) is 17.8 Å². The van der Waals surface area contributed by atoms with Crippen LogP contribution < -0.4 is 4.72 Å². The number of halogens is 1. The van der Waals surface area contributed by atoms with Gasteiger partial charge in [-0.2, -0.15) is 5.10 Å². The predicted octanol–water partition coefficient (Wildman–Crippen LogP) is 5.26. The maximum Gasteiger partial charge on any atom is 0.234 e. The molecule has 0 bridgehead atoms. The highest BCUT2D eigenvalue weighted by atomic mass is 32.2. The van der Waals surface area contributed by atoms with Gasteiger partial charge in [0.2, 0.25) is 10.0 Å². The first-order chi connectivity index (χ1) is 15.8. The molecular formula is C26H30FN3O2S. The second-order valence-electron chi connectivity index (χ2n) is 8.75. The van der Waals surface area contributed by atoms with Crippen molar-refractivity contribution in [3.05, 3.63) is 93.9 Å². The summed E-state index contributed by atoms with van der Waals surface area (Å²) in [5.41, 5.74) is 4.78. The molecule has 4 rings (SSSR count). The SMILES string of the molecule is C[C@H](NS(=O)(=O)/C=C/c1nn(C)c2c1CCCCC2Cc1cccc(F)c1)c1ccccc1.